The van der Waals surface area contributed by atoms with Crippen molar-refractivity contribution in [1.29, 1.82) is 0 Å². The van der Waals surface area contributed by atoms with Crippen molar-refractivity contribution in [2.75, 3.05) is 4.90 Å². The first-order valence-electron chi connectivity index (χ1n) is 7.05. The van der Waals surface area contributed by atoms with E-state index in [1.807, 2.05) is 32.9 Å². The van der Waals surface area contributed by atoms with Gasteiger partial charge in [0.1, 0.15) is 5.25 Å². The number of hydrogen-bond acceptors (Lipinski definition) is 4. The van der Waals surface area contributed by atoms with Gasteiger partial charge in [-0.05, 0) is 38.8 Å². The minimum atomic E-state index is -0.980. The number of rotatable bonds is 4. The second-order valence-electron chi connectivity index (χ2n) is 5.62. The van der Waals surface area contributed by atoms with E-state index in [1.165, 1.54) is 11.8 Å². The van der Waals surface area contributed by atoms with Gasteiger partial charge in [0, 0.05) is 6.42 Å². The number of aliphatic carboxylic acids is 1. The minimum Gasteiger partial charge on any atom is -0.480 e. The fraction of sp³-hybridized carbons (Fsp3) is 0.438. The fourth-order valence-corrected chi connectivity index (χ4v) is 3.84. The molecule has 5 nitrogen and oxygen atoms in total. The van der Waals surface area contributed by atoms with E-state index in [0.717, 1.165) is 28.5 Å². The Hall–Kier alpha value is -1.82. The molecule has 0 aromatic heterocycles. The van der Waals surface area contributed by atoms with Crippen molar-refractivity contribution in [1.82, 2.24) is 0 Å². The fourth-order valence-electron chi connectivity index (χ4n) is 2.78. The summed E-state index contributed by atoms with van der Waals surface area (Å²) < 4.78 is 0. The summed E-state index contributed by atoms with van der Waals surface area (Å²) in [6.45, 7) is 7.23. The lowest BCUT2D eigenvalue weighted by Crippen LogP contribution is -2.33. The summed E-state index contributed by atoms with van der Waals surface area (Å²) in [7, 11) is 0. The Bertz CT molecular complexity index is 633. The maximum Gasteiger partial charge on any atom is 0.316 e. The number of benzene rings is 1. The van der Waals surface area contributed by atoms with E-state index in [1.54, 1.807) is 0 Å². The molecule has 2 atom stereocenters. The van der Waals surface area contributed by atoms with E-state index in [4.69, 9.17) is 5.11 Å². The number of imide groups is 1. The average Bonchev–Trinajstić information content (AvgIpc) is 2.65. The molecule has 0 bridgehead atoms. The molecule has 1 heterocycles. The molecule has 2 unspecified atom stereocenters. The van der Waals surface area contributed by atoms with Gasteiger partial charge in [0.2, 0.25) is 11.8 Å². The van der Waals surface area contributed by atoms with Crippen molar-refractivity contribution in [2.45, 2.75) is 44.6 Å². The SMILES string of the molecule is Cc1cc(C)c(N2C(=O)CC(SC(C)C(=O)O)C2=O)c(C)c1. The number of carboxylic acid groups (broad SMARTS) is 1. The Balaban J connectivity index is 2.32. The van der Waals surface area contributed by atoms with E-state index in [9.17, 15) is 14.4 Å². The Morgan fingerprint density at radius 1 is 1.27 bits per heavy atom. The topological polar surface area (TPSA) is 74.7 Å². The molecule has 0 saturated carbocycles. The zero-order chi connectivity index (χ0) is 16.6. The number of hydrogen-bond donors (Lipinski definition) is 1. The van der Waals surface area contributed by atoms with Gasteiger partial charge in [0.05, 0.1) is 10.9 Å². The summed E-state index contributed by atoms with van der Waals surface area (Å²) in [5.74, 6) is -1.57. The van der Waals surface area contributed by atoms with Crippen LogP contribution in [0.5, 0.6) is 0 Å². The van der Waals surface area contributed by atoms with Gasteiger partial charge in [0.25, 0.3) is 0 Å². The van der Waals surface area contributed by atoms with Gasteiger partial charge in [-0.2, -0.15) is 0 Å². The Labute approximate surface area is 133 Å². The molecule has 0 spiro atoms. The Morgan fingerprint density at radius 3 is 2.32 bits per heavy atom. The first-order valence-corrected chi connectivity index (χ1v) is 7.99. The highest BCUT2D eigenvalue weighted by atomic mass is 32.2. The van der Waals surface area contributed by atoms with Crippen LogP contribution in [0.15, 0.2) is 12.1 Å². The molecule has 6 heteroatoms. The number of thioether (sulfide) groups is 1. The summed E-state index contributed by atoms with van der Waals surface area (Å²) >= 11 is 1.03. The van der Waals surface area contributed by atoms with E-state index in [2.05, 4.69) is 0 Å². The van der Waals surface area contributed by atoms with Crippen LogP contribution in [0.25, 0.3) is 0 Å². The lowest BCUT2D eigenvalue weighted by Gasteiger charge is -2.21. The van der Waals surface area contributed by atoms with Gasteiger partial charge in [-0.15, -0.1) is 11.8 Å². The summed E-state index contributed by atoms with van der Waals surface area (Å²) in [5.41, 5.74) is 3.45. The van der Waals surface area contributed by atoms with Gasteiger partial charge in [-0.1, -0.05) is 17.7 Å². The molecule has 1 fully saturated rings. The highest BCUT2D eigenvalue weighted by Gasteiger charge is 2.42. The molecule has 1 aliphatic rings. The van der Waals surface area contributed by atoms with Crippen LogP contribution in [0.3, 0.4) is 0 Å². The summed E-state index contributed by atoms with van der Waals surface area (Å²) in [4.78, 5) is 37.0. The molecule has 1 saturated heterocycles. The third kappa shape index (κ3) is 3.02. The van der Waals surface area contributed by atoms with Crippen LogP contribution in [-0.2, 0) is 14.4 Å². The molecule has 118 valence electrons. The van der Waals surface area contributed by atoms with Crippen LogP contribution >= 0.6 is 11.8 Å². The van der Waals surface area contributed by atoms with Gasteiger partial charge in [0.15, 0.2) is 0 Å². The lowest BCUT2D eigenvalue weighted by molar-refractivity contribution is -0.136. The Morgan fingerprint density at radius 2 is 1.82 bits per heavy atom. The maximum absolute atomic E-state index is 12.6. The van der Waals surface area contributed by atoms with Crippen molar-refractivity contribution in [2.24, 2.45) is 0 Å². The third-order valence-electron chi connectivity index (χ3n) is 3.68. The molecule has 1 aromatic rings. The largest absolute Gasteiger partial charge is 0.480 e. The number of anilines is 1. The van der Waals surface area contributed by atoms with E-state index in [0.29, 0.717) is 5.69 Å². The summed E-state index contributed by atoms with van der Waals surface area (Å²) in [6, 6.07) is 3.87. The van der Waals surface area contributed by atoms with Crippen LogP contribution in [-0.4, -0.2) is 33.4 Å². The van der Waals surface area contributed by atoms with E-state index in [-0.39, 0.29) is 18.2 Å². The van der Waals surface area contributed by atoms with Crippen LogP contribution < -0.4 is 4.90 Å². The predicted octanol–water partition coefficient (Wildman–Crippen LogP) is 2.45. The number of carboxylic acids is 1. The molecule has 22 heavy (non-hydrogen) atoms. The van der Waals surface area contributed by atoms with Gasteiger partial charge >= 0.3 is 5.97 Å². The van der Waals surface area contributed by atoms with Crippen molar-refractivity contribution >= 4 is 35.2 Å². The standard InChI is InChI=1S/C16H19NO4S/c1-8-5-9(2)14(10(3)6-8)17-13(18)7-12(15(17)19)22-11(4)16(20)21/h5-6,11-12H,7H2,1-4H3,(H,20,21). The second-order valence-corrected chi connectivity index (χ2v) is 7.17. The van der Waals surface area contributed by atoms with Gasteiger partial charge in [-0.25, -0.2) is 4.90 Å². The minimum absolute atomic E-state index is 0.0495. The number of carbonyl (C=O) groups is 3. The van der Waals surface area contributed by atoms with Crippen molar-refractivity contribution in [3.05, 3.63) is 28.8 Å². The molecule has 1 aromatic carbocycles. The summed E-state index contributed by atoms with van der Waals surface area (Å²) in [5, 5.41) is 7.62. The molecular weight excluding hydrogens is 302 g/mol. The number of aryl methyl sites for hydroxylation is 3. The molecule has 1 N–H and O–H groups in total. The number of carbonyl (C=O) groups excluding carboxylic acids is 2. The van der Waals surface area contributed by atoms with Gasteiger partial charge in [-0.3, -0.25) is 14.4 Å². The van der Waals surface area contributed by atoms with Crippen molar-refractivity contribution in [3.63, 3.8) is 0 Å². The average molecular weight is 321 g/mol. The highest BCUT2D eigenvalue weighted by Crippen LogP contribution is 2.35. The molecule has 0 aliphatic carbocycles. The maximum atomic E-state index is 12.6. The Kier molecular flexibility index (Phi) is 4.60. The zero-order valence-electron chi connectivity index (χ0n) is 13.0. The lowest BCUT2D eigenvalue weighted by atomic mass is 10.0. The van der Waals surface area contributed by atoms with Crippen LogP contribution in [0.2, 0.25) is 0 Å². The van der Waals surface area contributed by atoms with Crippen LogP contribution in [0.4, 0.5) is 5.69 Å². The van der Waals surface area contributed by atoms with Gasteiger partial charge < -0.3 is 5.11 Å². The molecule has 2 rings (SSSR count). The molecular formula is C16H19NO4S. The normalized spacial score (nSPS) is 19.6. The van der Waals surface area contributed by atoms with Crippen LogP contribution in [0, 0.1) is 20.8 Å². The number of nitrogens with zero attached hydrogens (tertiary/aromatic N) is 1. The molecule has 0 radical (unpaired) electrons. The van der Waals surface area contributed by atoms with E-state index < -0.39 is 16.5 Å². The zero-order valence-corrected chi connectivity index (χ0v) is 13.9. The number of amides is 2. The third-order valence-corrected chi connectivity index (χ3v) is 4.99. The van der Waals surface area contributed by atoms with Crippen molar-refractivity contribution < 1.29 is 19.5 Å². The molecule has 1 aliphatic heterocycles. The van der Waals surface area contributed by atoms with Crippen molar-refractivity contribution in [3.8, 4) is 0 Å². The smallest absolute Gasteiger partial charge is 0.316 e. The second kappa shape index (κ2) is 6.12. The summed E-state index contributed by atoms with van der Waals surface area (Å²) in [6.07, 6.45) is 0.0495. The quantitative estimate of drug-likeness (QED) is 0.862. The monoisotopic (exact) mass is 321 g/mol. The highest BCUT2D eigenvalue weighted by molar-refractivity contribution is 8.01. The molecule has 2 amide bonds. The van der Waals surface area contributed by atoms with E-state index >= 15 is 0 Å². The first kappa shape index (κ1) is 16.5. The predicted molar refractivity (Wildman–Crippen MR) is 86.2 cm³/mol. The first-order chi connectivity index (χ1) is 10.2. The van der Waals surface area contributed by atoms with Crippen LogP contribution in [0.1, 0.15) is 30.0 Å².